The number of ether oxygens (including phenoxy) is 2. The lowest BCUT2D eigenvalue weighted by Crippen LogP contribution is -2.49. The summed E-state index contributed by atoms with van der Waals surface area (Å²) in [6.45, 7) is 6.40. The average Bonchev–Trinajstić information content (AvgIpc) is 2.88. The third kappa shape index (κ3) is 5.69. The summed E-state index contributed by atoms with van der Waals surface area (Å²) in [6.07, 6.45) is 6.72. The molecule has 3 aliphatic rings. The van der Waals surface area contributed by atoms with Crippen molar-refractivity contribution in [2.45, 2.75) is 75.4 Å². The molecule has 8 heteroatoms. The summed E-state index contributed by atoms with van der Waals surface area (Å²) in [5.74, 6) is -2.76. The molecule has 0 aromatic rings. The molecular formula is C18H28F3NO4. The Hall–Kier alpha value is -1.12. The fourth-order valence-electron chi connectivity index (χ4n) is 4.18. The van der Waals surface area contributed by atoms with E-state index in [4.69, 9.17) is 19.4 Å². The second-order valence-corrected chi connectivity index (χ2v) is 6.97. The van der Waals surface area contributed by atoms with Crippen LogP contribution in [0.5, 0.6) is 0 Å². The van der Waals surface area contributed by atoms with E-state index in [0.29, 0.717) is 18.8 Å². The van der Waals surface area contributed by atoms with Gasteiger partial charge in [-0.3, -0.25) is 4.90 Å². The summed E-state index contributed by atoms with van der Waals surface area (Å²) in [5.41, 5.74) is 0. The number of halogens is 3. The van der Waals surface area contributed by atoms with Crippen LogP contribution < -0.4 is 0 Å². The molecule has 0 aromatic carbocycles. The molecule has 1 saturated heterocycles. The van der Waals surface area contributed by atoms with Crippen LogP contribution in [0.4, 0.5) is 13.2 Å². The SMILES string of the molecule is C=CCOC1C2CCC1N(C1CCCCC1)CCO2.O=C(O)C(F)(F)F. The molecule has 2 bridgehead atoms. The van der Waals surface area contributed by atoms with Gasteiger partial charge < -0.3 is 14.6 Å². The highest BCUT2D eigenvalue weighted by atomic mass is 19.4. The Morgan fingerprint density at radius 1 is 1.23 bits per heavy atom. The van der Waals surface area contributed by atoms with Gasteiger partial charge in [0.15, 0.2) is 0 Å². The molecule has 5 nitrogen and oxygen atoms in total. The number of rotatable bonds is 4. The molecule has 1 N–H and O–H groups in total. The monoisotopic (exact) mass is 379 g/mol. The van der Waals surface area contributed by atoms with Crippen molar-refractivity contribution in [3.8, 4) is 0 Å². The summed E-state index contributed by atoms with van der Waals surface area (Å²) in [6, 6.07) is 1.35. The van der Waals surface area contributed by atoms with Gasteiger partial charge in [-0.25, -0.2) is 4.79 Å². The van der Waals surface area contributed by atoms with Crippen molar-refractivity contribution >= 4 is 5.97 Å². The number of hydrogen-bond donors (Lipinski definition) is 1. The molecule has 0 amide bonds. The molecule has 0 radical (unpaired) electrons. The van der Waals surface area contributed by atoms with E-state index in [1.165, 1.54) is 38.5 Å². The Balaban J connectivity index is 0.000000298. The van der Waals surface area contributed by atoms with Gasteiger partial charge in [-0.15, -0.1) is 6.58 Å². The normalized spacial score (nSPS) is 30.2. The smallest absolute Gasteiger partial charge is 0.475 e. The number of nitrogens with zero attached hydrogens (tertiary/aromatic N) is 1. The fourth-order valence-corrected chi connectivity index (χ4v) is 4.18. The summed E-state index contributed by atoms with van der Waals surface area (Å²) in [7, 11) is 0. The molecule has 0 aromatic heterocycles. The first kappa shape index (κ1) is 21.2. The maximum Gasteiger partial charge on any atom is 0.490 e. The van der Waals surface area contributed by atoms with E-state index in [9.17, 15) is 13.2 Å². The molecule has 1 aliphatic heterocycles. The average molecular weight is 379 g/mol. The van der Waals surface area contributed by atoms with Gasteiger partial charge in [-0.2, -0.15) is 13.2 Å². The summed E-state index contributed by atoms with van der Waals surface area (Å²) >= 11 is 0. The van der Waals surface area contributed by atoms with Crippen molar-refractivity contribution in [2.75, 3.05) is 19.8 Å². The van der Waals surface area contributed by atoms with E-state index >= 15 is 0 Å². The topological polar surface area (TPSA) is 59.0 Å². The Morgan fingerprint density at radius 3 is 2.46 bits per heavy atom. The number of fused-ring (bicyclic) bond motifs is 2. The van der Waals surface area contributed by atoms with E-state index in [1.54, 1.807) is 0 Å². The van der Waals surface area contributed by atoms with Crippen LogP contribution in [-0.4, -0.2) is 66.2 Å². The zero-order valence-electron chi connectivity index (χ0n) is 14.9. The van der Waals surface area contributed by atoms with E-state index in [-0.39, 0.29) is 6.10 Å². The number of carbonyl (C=O) groups is 1. The Labute approximate surface area is 152 Å². The molecule has 26 heavy (non-hydrogen) atoms. The molecule has 2 saturated carbocycles. The van der Waals surface area contributed by atoms with Crippen molar-refractivity contribution in [3.05, 3.63) is 12.7 Å². The van der Waals surface area contributed by atoms with Crippen LogP contribution >= 0.6 is 0 Å². The van der Waals surface area contributed by atoms with E-state index < -0.39 is 12.1 Å². The van der Waals surface area contributed by atoms with Gasteiger partial charge >= 0.3 is 12.1 Å². The van der Waals surface area contributed by atoms with Crippen molar-refractivity contribution < 1.29 is 32.5 Å². The fraction of sp³-hybridized carbons (Fsp3) is 0.833. The first-order valence-corrected chi connectivity index (χ1v) is 9.24. The highest BCUT2D eigenvalue weighted by molar-refractivity contribution is 5.73. The molecule has 3 rings (SSSR count). The highest BCUT2D eigenvalue weighted by Crippen LogP contribution is 2.35. The standard InChI is InChI=1S/C16H27NO2.C2HF3O2/c1-2-11-19-16-14-8-9-15(16)18-12-10-17(14)13-6-4-3-5-7-13;3-2(4,5)1(6)7/h2,13-16H,1,3-12H2;(H,6,7). The predicted octanol–water partition coefficient (Wildman–Crippen LogP) is 3.39. The molecule has 0 spiro atoms. The molecule has 2 aliphatic carbocycles. The Bertz CT molecular complexity index is 466. The van der Waals surface area contributed by atoms with Crippen molar-refractivity contribution in [2.24, 2.45) is 0 Å². The zero-order chi connectivity index (χ0) is 19.2. The summed E-state index contributed by atoms with van der Waals surface area (Å²) < 4.78 is 43.8. The lowest BCUT2D eigenvalue weighted by Gasteiger charge is -2.39. The van der Waals surface area contributed by atoms with Crippen LogP contribution in [0, 0.1) is 0 Å². The maximum atomic E-state index is 10.6. The van der Waals surface area contributed by atoms with Gasteiger partial charge in [0.1, 0.15) is 0 Å². The number of carboxylic acids is 1. The molecule has 150 valence electrons. The van der Waals surface area contributed by atoms with Gasteiger partial charge in [-0.05, 0) is 25.7 Å². The van der Waals surface area contributed by atoms with E-state index in [1.807, 2.05) is 6.08 Å². The first-order chi connectivity index (χ1) is 12.3. The largest absolute Gasteiger partial charge is 0.490 e. The maximum absolute atomic E-state index is 10.6. The quantitative estimate of drug-likeness (QED) is 0.759. The van der Waals surface area contributed by atoms with Crippen molar-refractivity contribution in [1.82, 2.24) is 4.90 Å². The Morgan fingerprint density at radius 2 is 1.88 bits per heavy atom. The number of aliphatic carboxylic acids is 1. The summed E-state index contributed by atoms with van der Waals surface area (Å²) in [5, 5.41) is 7.12. The lowest BCUT2D eigenvalue weighted by atomic mass is 9.92. The second kappa shape index (κ2) is 9.71. The predicted molar refractivity (Wildman–Crippen MR) is 90.0 cm³/mol. The molecule has 3 unspecified atom stereocenters. The van der Waals surface area contributed by atoms with Crippen LogP contribution in [-0.2, 0) is 14.3 Å². The van der Waals surface area contributed by atoms with Crippen LogP contribution in [0.25, 0.3) is 0 Å². The number of carboxylic acid groups (broad SMARTS) is 1. The van der Waals surface area contributed by atoms with Crippen LogP contribution in [0.1, 0.15) is 44.9 Å². The summed E-state index contributed by atoms with van der Waals surface area (Å²) in [4.78, 5) is 11.6. The molecule has 3 fully saturated rings. The third-order valence-corrected chi connectivity index (χ3v) is 5.29. The zero-order valence-corrected chi connectivity index (χ0v) is 14.9. The van der Waals surface area contributed by atoms with Crippen LogP contribution in [0.3, 0.4) is 0 Å². The van der Waals surface area contributed by atoms with E-state index in [2.05, 4.69) is 11.5 Å². The van der Waals surface area contributed by atoms with Gasteiger partial charge in [0.25, 0.3) is 0 Å². The van der Waals surface area contributed by atoms with Gasteiger partial charge in [0, 0.05) is 18.6 Å². The minimum absolute atomic E-state index is 0.266. The minimum atomic E-state index is -5.08. The lowest BCUT2D eigenvalue weighted by molar-refractivity contribution is -0.192. The third-order valence-electron chi connectivity index (χ3n) is 5.29. The van der Waals surface area contributed by atoms with Crippen molar-refractivity contribution in [1.29, 1.82) is 0 Å². The molecule has 1 heterocycles. The number of alkyl halides is 3. The minimum Gasteiger partial charge on any atom is -0.475 e. The molecule has 3 atom stereocenters. The van der Waals surface area contributed by atoms with Gasteiger partial charge in [0.2, 0.25) is 0 Å². The Kier molecular flexibility index (Phi) is 7.91. The molecular weight excluding hydrogens is 351 g/mol. The van der Waals surface area contributed by atoms with Crippen molar-refractivity contribution in [3.63, 3.8) is 0 Å². The number of hydrogen-bond acceptors (Lipinski definition) is 4. The van der Waals surface area contributed by atoms with E-state index in [0.717, 1.165) is 25.6 Å². The van der Waals surface area contributed by atoms with Gasteiger partial charge in [-0.1, -0.05) is 25.3 Å². The van der Waals surface area contributed by atoms with Crippen LogP contribution in [0.15, 0.2) is 12.7 Å². The van der Waals surface area contributed by atoms with Crippen LogP contribution in [0.2, 0.25) is 0 Å². The second-order valence-electron chi connectivity index (χ2n) is 6.97. The first-order valence-electron chi connectivity index (χ1n) is 9.24. The highest BCUT2D eigenvalue weighted by Gasteiger charge is 2.44. The van der Waals surface area contributed by atoms with Gasteiger partial charge in [0.05, 0.1) is 25.4 Å².